The summed E-state index contributed by atoms with van der Waals surface area (Å²) < 4.78 is 31.7. The summed E-state index contributed by atoms with van der Waals surface area (Å²) in [6.07, 6.45) is 1.52. The van der Waals surface area contributed by atoms with Crippen molar-refractivity contribution in [1.82, 2.24) is 10.3 Å². The second-order valence-electron chi connectivity index (χ2n) is 5.86. The minimum Gasteiger partial charge on any atom is -0.378 e. The fourth-order valence-electron chi connectivity index (χ4n) is 2.57. The van der Waals surface area contributed by atoms with Crippen LogP contribution in [0.1, 0.15) is 10.4 Å². The lowest BCUT2D eigenvalue weighted by molar-refractivity contribution is -0.115. The van der Waals surface area contributed by atoms with Gasteiger partial charge in [0.05, 0.1) is 37.2 Å². The first kappa shape index (κ1) is 18.7. The second-order valence-corrected chi connectivity index (χ2v) is 5.86. The molecule has 2 heterocycles. The van der Waals surface area contributed by atoms with E-state index in [1.165, 1.54) is 6.20 Å². The zero-order valence-corrected chi connectivity index (χ0v) is 14.4. The molecule has 1 fully saturated rings. The van der Waals surface area contributed by atoms with Crippen molar-refractivity contribution < 1.29 is 23.1 Å². The number of ether oxygens (including phenoxy) is 1. The molecule has 1 aromatic heterocycles. The average molecular weight is 376 g/mol. The first-order valence-corrected chi connectivity index (χ1v) is 8.35. The Morgan fingerprint density at radius 3 is 2.59 bits per heavy atom. The van der Waals surface area contributed by atoms with Gasteiger partial charge in [0.15, 0.2) is 0 Å². The quantitative estimate of drug-likeness (QED) is 0.828. The van der Waals surface area contributed by atoms with Crippen LogP contribution in [0, 0.1) is 11.6 Å². The Bertz CT molecular complexity index is 824. The summed E-state index contributed by atoms with van der Waals surface area (Å²) >= 11 is 0. The van der Waals surface area contributed by atoms with Crippen molar-refractivity contribution in [1.29, 1.82) is 0 Å². The Hall–Kier alpha value is -3.07. The number of aromatic nitrogens is 1. The van der Waals surface area contributed by atoms with Gasteiger partial charge in [0.2, 0.25) is 5.91 Å². The first-order valence-electron chi connectivity index (χ1n) is 8.35. The third-order valence-electron chi connectivity index (χ3n) is 3.95. The number of pyridine rings is 1. The van der Waals surface area contributed by atoms with E-state index < -0.39 is 23.4 Å². The number of anilines is 2. The maximum absolute atomic E-state index is 13.5. The van der Waals surface area contributed by atoms with Crippen molar-refractivity contribution in [2.45, 2.75) is 0 Å². The number of carbonyl (C=O) groups excluding carboxylic acids is 2. The molecule has 2 amide bonds. The van der Waals surface area contributed by atoms with E-state index in [4.69, 9.17) is 4.74 Å². The van der Waals surface area contributed by atoms with Gasteiger partial charge in [-0.1, -0.05) is 0 Å². The molecule has 0 aliphatic carbocycles. The molecule has 0 radical (unpaired) electrons. The van der Waals surface area contributed by atoms with Gasteiger partial charge in [0, 0.05) is 19.2 Å². The molecule has 0 saturated carbocycles. The van der Waals surface area contributed by atoms with Gasteiger partial charge >= 0.3 is 0 Å². The highest BCUT2D eigenvalue weighted by molar-refractivity contribution is 5.99. The van der Waals surface area contributed by atoms with E-state index in [0.29, 0.717) is 25.0 Å². The Labute approximate surface area is 154 Å². The van der Waals surface area contributed by atoms with Crippen molar-refractivity contribution >= 4 is 23.3 Å². The Kier molecular flexibility index (Phi) is 5.92. The van der Waals surface area contributed by atoms with Crippen molar-refractivity contribution in [3.8, 4) is 0 Å². The van der Waals surface area contributed by atoms with Gasteiger partial charge in [-0.3, -0.25) is 9.59 Å². The summed E-state index contributed by atoms with van der Waals surface area (Å²) in [4.78, 5) is 30.2. The molecule has 0 atom stereocenters. The number of carbonyl (C=O) groups is 2. The summed E-state index contributed by atoms with van der Waals surface area (Å²) in [6, 6.07) is 6.09. The van der Waals surface area contributed by atoms with Crippen LogP contribution in [0.2, 0.25) is 0 Å². The van der Waals surface area contributed by atoms with Gasteiger partial charge in [-0.25, -0.2) is 13.8 Å². The Morgan fingerprint density at radius 2 is 1.93 bits per heavy atom. The lowest BCUT2D eigenvalue weighted by atomic mass is 10.2. The Balaban J connectivity index is 1.50. The average Bonchev–Trinajstić information content (AvgIpc) is 2.67. The molecule has 142 valence electrons. The number of hydrogen-bond donors (Lipinski definition) is 2. The molecular formula is C18H18F2N4O3. The number of nitrogens with zero attached hydrogens (tertiary/aromatic N) is 2. The molecule has 0 unspecified atom stereocenters. The molecule has 0 bridgehead atoms. The second kappa shape index (κ2) is 8.54. The molecule has 9 heteroatoms. The van der Waals surface area contributed by atoms with Crippen LogP contribution in [0.25, 0.3) is 0 Å². The normalized spacial score (nSPS) is 13.9. The van der Waals surface area contributed by atoms with Gasteiger partial charge in [0.25, 0.3) is 5.91 Å². The molecule has 7 nitrogen and oxygen atoms in total. The van der Waals surface area contributed by atoms with E-state index in [2.05, 4.69) is 20.5 Å². The summed E-state index contributed by atoms with van der Waals surface area (Å²) in [7, 11) is 0. The summed E-state index contributed by atoms with van der Waals surface area (Å²) in [5.41, 5.74) is 0.139. The predicted molar refractivity (Wildman–Crippen MR) is 94.6 cm³/mol. The number of halogens is 2. The Morgan fingerprint density at radius 1 is 1.15 bits per heavy atom. The molecule has 1 aromatic carbocycles. The highest BCUT2D eigenvalue weighted by Gasteiger charge is 2.14. The molecule has 1 aliphatic rings. The van der Waals surface area contributed by atoms with Gasteiger partial charge in [-0.15, -0.1) is 0 Å². The standard InChI is InChI=1S/C18H18F2N4O3/c19-12-1-3-14(15(20)9-12)18(26)22-11-17(25)23-13-2-4-16(21-10-13)24-5-7-27-8-6-24/h1-4,9-10H,5-8,11H2,(H,22,26)(H,23,25). The summed E-state index contributed by atoms with van der Waals surface area (Å²) in [6.45, 7) is 2.44. The smallest absolute Gasteiger partial charge is 0.254 e. The minimum absolute atomic E-state index is 0.333. The van der Waals surface area contributed by atoms with E-state index in [9.17, 15) is 18.4 Å². The maximum atomic E-state index is 13.5. The number of hydrogen-bond acceptors (Lipinski definition) is 5. The maximum Gasteiger partial charge on any atom is 0.254 e. The fraction of sp³-hybridized carbons (Fsp3) is 0.278. The zero-order valence-electron chi connectivity index (χ0n) is 14.4. The fourth-order valence-corrected chi connectivity index (χ4v) is 2.57. The lowest BCUT2D eigenvalue weighted by Crippen LogP contribution is -2.36. The van der Waals surface area contributed by atoms with Crippen LogP contribution in [-0.2, 0) is 9.53 Å². The SMILES string of the molecule is O=C(CNC(=O)c1ccc(F)cc1F)Nc1ccc(N2CCOCC2)nc1. The van der Waals surface area contributed by atoms with E-state index in [1.807, 2.05) is 0 Å². The number of nitrogens with one attached hydrogen (secondary N) is 2. The van der Waals surface area contributed by atoms with Crippen LogP contribution in [0.5, 0.6) is 0 Å². The van der Waals surface area contributed by atoms with Crippen molar-refractivity contribution in [2.75, 3.05) is 43.1 Å². The number of rotatable bonds is 5. The third kappa shape index (κ3) is 4.98. The molecular weight excluding hydrogens is 358 g/mol. The molecule has 27 heavy (non-hydrogen) atoms. The molecule has 3 rings (SSSR count). The number of amides is 2. The topological polar surface area (TPSA) is 83.6 Å². The van der Waals surface area contributed by atoms with E-state index in [1.54, 1.807) is 12.1 Å². The largest absolute Gasteiger partial charge is 0.378 e. The van der Waals surface area contributed by atoms with Crippen LogP contribution < -0.4 is 15.5 Å². The van der Waals surface area contributed by atoms with E-state index in [-0.39, 0.29) is 12.1 Å². The van der Waals surface area contributed by atoms with Crippen molar-refractivity contribution in [3.05, 3.63) is 53.7 Å². The molecule has 1 aliphatic heterocycles. The lowest BCUT2D eigenvalue weighted by Gasteiger charge is -2.27. The van der Waals surface area contributed by atoms with Crippen molar-refractivity contribution in [2.24, 2.45) is 0 Å². The number of benzene rings is 1. The van der Waals surface area contributed by atoms with Crippen LogP contribution >= 0.6 is 0 Å². The summed E-state index contributed by atoms with van der Waals surface area (Å²) in [5.74, 6) is -2.28. The number of morpholine rings is 1. The molecule has 2 aromatic rings. The molecule has 2 N–H and O–H groups in total. The highest BCUT2D eigenvalue weighted by atomic mass is 19.1. The van der Waals surface area contributed by atoms with E-state index in [0.717, 1.165) is 31.0 Å². The van der Waals surface area contributed by atoms with Gasteiger partial charge < -0.3 is 20.3 Å². The van der Waals surface area contributed by atoms with E-state index >= 15 is 0 Å². The van der Waals surface area contributed by atoms with Gasteiger partial charge in [0.1, 0.15) is 17.5 Å². The van der Waals surface area contributed by atoms with Crippen LogP contribution in [0.15, 0.2) is 36.5 Å². The van der Waals surface area contributed by atoms with Gasteiger partial charge in [-0.05, 0) is 24.3 Å². The van der Waals surface area contributed by atoms with Crippen LogP contribution in [0.3, 0.4) is 0 Å². The molecule has 0 spiro atoms. The minimum atomic E-state index is -0.990. The predicted octanol–water partition coefficient (Wildman–Crippen LogP) is 1.56. The molecule has 1 saturated heterocycles. The summed E-state index contributed by atoms with van der Waals surface area (Å²) in [5, 5.41) is 4.88. The third-order valence-corrected chi connectivity index (χ3v) is 3.95. The van der Waals surface area contributed by atoms with Crippen molar-refractivity contribution in [3.63, 3.8) is 0 Å². The van der Waals surface area contributed by atoms with Crippen LogP contribution in [0.4, 0.5) is 20.3 Å². The monoisotopic (exact) mass is 376 g/mol. The zero-order chi connectivity index (χ0) is 19.2. The van der Waals surface area contributed by atoms with Gasteiger partial charge in [-0.2, -0.15) is 0 Å². The first-order chi connectivity index (χ1) is 13.0. The highest BCUT2D eigenvalue weighted by Crippen LogP contribution is 2.15. The van der Waals surface area contributed by atoms with Crippen LogP contribution in [-0.4, -0.2) is 49.6 Å².